The van der Waals surface area contributed by atoms with Crippen molar-refractivity contribution in [1.29, 1.82) is 0 Å². The number of para-hydroxylation sites is 1. The Morgan fingerprint density at radius 3 is 2.84 bits per heavy atom. The van der Waals surface area contributed by atoms with E-state index in [0.29, 0.717) is 24.3 Å². The first kappa shape index (κ1) is 13.0. The van der Waals surface area contributed by atoms with Crippen molar-refractivity contribution in [2.75, 3.05) is 11.9 Å². The fourth-order valence-electron chi connectivity index (χ4n) is 1.68. The molecule has 19 heavy (non-hydrogen) atoms. The van der Waals surface area contributed by atoms with E-state index in [0.717, 1.165) is 0 Å². The molecule has 2 rings (SSSR count). The fraction of sp³-hybridized carbons (Fsp3) is 0.143. The van der Waals surface area contributed by atoms with Crippen LogP contribution in [0.4, 0.5) is 10.1 Å². The molecule has 98 valence electrons. The van der Waals surface area contributed by atoms with Crippen molar-refractivity contribution in [3.8, 4) is 0 Å². The van der Waals surface area contributed by atoms with Gasteiger partial charge in [0.1, 0.15) is 5.82 Å². The van der Waals surface area contributed by atoms with Crippen LogP contribution in [0.15, 0.2) is 42.6 Å². The van der Waals surface area contributed by atoms with Crippen molar-refractivity contribution in [3.63, 3.8) is 0 Å². The predicted octanol–water partition coefficient (Wildman–Crippen LogP) is 2.57. The summed E-state index contributed by atoms with van der Waals surface area (Å²) in [6.45, 7) is 0.483. The van der Waals surface area contributed by atoms with Crippen LogP contribution < -0.4 is 5.32 Å². The number of nitrogens with zero attached hydrogens (tertiary/aromatic N) is 1. The van der Waals surface area contributed by atoms with Gasteiger partial charge in [0.15, 0.2) is 0 Å². The smallest absolute Gasteiger partial charge is 0.335 e. The van der Waals surface area contributed by atoms with Gasteiger partial charge >= 0.3 is 5.97 Å². The van der Waals surface area contributed by atoms with Gasteiger partial charge in [-0.1, -0.05) is 12.1 Å². The molecule has 5 heteroatoms. The van der Waals surface area contributed by atoms with E-state index in [1.54, 1.807) is 18.2 Å². The molecule has 0 saturated carbocycles. The minimum absolute atomic E-state index is 0.205. The van der Waals surface area contributed by atoms with Crippen LogP contribution in [0.3, 0.4) is 0 Å². The third-order valence-electron chi connectivity index (χ3n) is 2.63. The average molecular weight is 260 g/mol. The number of benzene rings is 1. The highest BCUT2D eigenvalue weighted by molar-refractivity contribution is 5.87. The summed E-state index contributed by atoms with van der Waals surface area (Å²) in [5.41, 5.74) is 1.29. The first-order valence-electron chi connectivity index (χ1n) is 5.83. The molecule has 0 spiro atoms. The summed E-state index contributed by atoms with van der Waals surface area (Å²) in [4.78, 5) is 14.9. The van der Waals surface area contributed by atoms with Gasteiger partial charge in [0, 0.05) is 24.9 Å². The lowest BCUT2D eigenvalue weighted by atomic mass is 10.2. The van der Waals surface area contributed by atoms with Crippen molar-refractivity contribution in [3.05, 3.63) is 59.7 Å². The van der Waals surface area contributed by atoms with Gasteiger partial charge in [-0.15, -0.1) is 0 Å². The normalized spacial score (nSPS) is 10.2. The number of halogens is 1. The maximum Gasteiger partial charge on any atom is 0.335 e. The maximum absolute atomic E-state index is 13.3. The topological polar surface area (TPSA) is 62.2 Å². The Balaban J connectivity index is 1.94. The molecule has 0 aliphatic heterocycles. The number of rotatable bonds is 5. The minimum atomic E-state index is -0.981. The standard InChI is InChI=1S/C14H13FN2O2/c15-12-3-1-2-4-13(12)17-8-6-11-9-10(14(18)19)5-7-16-11/h1-5,7,9,17H,6,8H2,(H,18,19). The Bertz CT molecular complexity index is 587. The van der Waals surface area contributed by atoms with Crippen LogP contribution in [-0.4, -0.2) is 22.6 Å². The van der Waals surface area contributed by atoms with Crippen LogP contribution in [0.5, 0.6) is 0 Å². The van der Waals surface area contributed by atoms with Gasteiger partial charge in [0.05, 0.1) is 11.3 Å². The number of carbonyl (C=O) groups is 1. The highest BCUT2D eigenvalue weighted by Gasteiger charge is 2.04. The quantitative estimate of drug-likeness (QED) is 0.867. The van der Waals surface area contributed by atoms with Crippen LogP contribution >= 0.6 is 0 Å². The van der Waals surface area contributed by atoms with Crippen LogP contribution in [0, 0.1) is 5.82 Å². The van der Waals surface area contributed by atoms with E-state index in [-0.39, 0.29) is 11.4 Å². The Morgan fingerprint density at radius 1 is 1.32 bits per heavy atom. The van der Waals surface area contributed by atoms with E-state index in [4.69, 9.17) is 5.11 Å². The SMILES string of the molecule is O=C(O)c1ccnc(CCNc2ccccc2F)c1. The molecule has 0 saturated heterocycles. The predicted molar refractivity (Wildman–Crippen MR) is 69.8 cm³/mol. The van der Waals surface area contributed by atoms with Crippen LogP contribution in [0.1, 0.15) is 16.1 Å². The van der Waals surface area contributed by atoms with E-state index in [1.807, 2.05) is 0 Å². The van der Waals surface area contributed by atoms with E-state index in [9.17, 15) is 9.18 Å². The van der Waals surface area contributed by atoms with Crippen molar-refractivity contribution in [1.82, 2.24) is 4.98 Å². The lowest BCUT2D eigenvalue weighted by Gasteiger charge is -2.07. The Kier molecular flexibility index (Phi) is 4.07. The number of carboxylic acid groups (broad SMARTS) is 1. The van der Waals surface area contributed by atoms with Crippen molar-refractivity contribution in [2.45, 2.75) is 6.42 Å². The molecule has 1 aromatic carbocycles. The molecule has 1 heterocycles. The molecule has 0 amide bonds. The average Bonchev–Trinajstić information content (AvgIpc) is 2.41. The van der Waals surface area contributed by atoms with Crippen molar-refractivity contribution >= 4 is 11.7 Å². The number of hydrogen-bond donors (Lipinski definition) is 2. The van der Waals surface area contributed by atoms with Gasteiger partial charge in [-0.25, -0.2) is 9.18 Å². The number of aromatic carboxylic acids is 1. The molecule has 0 unspecified atom stereocenters. The zero-order valence-electron chi connectivity index (χ0n) is 10.1. The van der Waals surface area contributed by atoms with Crippen LogP contribution in [0.2, 0.25) is 0 Å². The second-order valence-corrected chi connectivity index (χ2v) is 4.00. The Hall–Kier alpha value is -2.43. The summed E-state index contributed by atoms with van der Waals surface area (Å²) in [5, 5.41) is 11.8. The molecular formula is C14H13FN2O2. The number of hydrogen-bond acceptors (Lipinski definition) is 3. The van der Waals surface area contributed by atoms with Crippen LogP contribution in [-0.2, 0) is 6.42 Å². The summed E-state index contributed by atoms with van der Waals surface area (Å²) in [6.07, 6.45) is 1.98. The van der Waals surface area contributed by atoms with E-state index in [1.165, 1.54) is 24.4 Å². The van der Waals surface area contributed by atoms with E-state index >= 15 is 0 Å². The molecule has 0 radical (unpaired) electrons. The van der Waals surface area contributed by atoms with Crippen molar-refractivity contribution in [2.24, 2.45) is 0 Å². The molecule has 4 nitrogen and oxygen atoms in total. The number of nitrogens with one attached hydrogen (secondary N) is 1. The third kappa shape index (κ3) is 3.51. The second-order valence-electron chi connectivity index (χ2n) is 4.00. The Labute approximate surface area is 109 Å². The zero-order valence-corrected chi connectivity index (χ0v) is 10.1. The van der Waals surface area contributed by atoms with Crippen molar-refractivity contribution < 1.29 is 14.3 Å². The van der Waals surface area contributed by atoms with Gasteiger partial charge in [-0.3, -0.25) is 4.98 Å². The van der Waals surface area contributed by atoms with E-state index < -0.39 is 5.97 Å². The summed E-state index contributed by atoms with van der Waals surface area (Å²) < 4.78 is 13.3. The van der Waals surface area contributed by atoms with Gasteiger partial charge < -0.3 is 10.4 Å². The summed E-state index contributed by atoms with van der Waals surface area (Å²) in [6, 6.07) is 9.36. The summed E-state index contributed by atoms with van der Waals surface area (Å²) in [5.74, 6) is -1.29. The van der Waals surface area contributed by atoms with Gasteiger partial charge in [-0.2, -0.15) is 0 Å². The first-order chi connectivity index (χ1) is 9.16. The number of pyridine rings is 1. The lowest BCUT2D eigenvalue weighted by molar-refractivity contribution is 0.0696. The molecule has 0 bridgehead atoms. The van der Waals surface area contributed by atoms with Gasteiger partial charge in [0.25, 0.3) is 0 Å². The molecular weight excluding hydrogens is 247 g/mol. The molecule has 2 N–H and O–H groups in total. The number of anilines is 1. The highest BCUT2D eigenvalue weighted by atomic mass is 19.1. The van der Waals surface area contributed by atoms with Gasteiger partial charge in [0.2, 0.25) is 0 Å². The number of carboxylic acids is 1. The first-order valence-corrected chi connectivity index (χ1v) is 5.83. The largest absolute Gasteiger partial charge is 0.478 e. The molecule has 0 aliphatic rings. The van der Waals surface area contributed by atoms with E-state index in [2.05, 4.69) is 10.3 Å². The summed E-state index contributed by atoms with van der Waals surface area (Å²) >= 11 is 0. The monoisotopic (exact) mass is 260 g/mol. The molecule has 2 aromatic rings. The molecule has 0 fully saturated rings. The molecule has 0 aliphatic carbocycles. The summed E-state index contributed by atoms with van der Waals surface area (Å²) in [7, 11) is 0. The highest BCUT2D eigenvalue weighted by Crippen LogP contribution is 2.12. The second kappa shape index (κ2) is 5.95. The maximum atomic E-state index is 13.3. The lowest BCUT2D eigenvalue weighted by Crippen LogP contribution is -2.08. The molecule has 1 aromatic heterocycles. The zero-order chi connectivity index (χ0) is 13.7. The molecule has 0 atom stereocenters. The van der Waals surface area contributed by atoms with Crippen LogP contribution in [0.25, 0.3) is 0 Å². The van der Waals surface area contributed by atoms with Gasteiger partial charge in [-0.05, 0) is 24.3 Å². The third-order valence-corrected chi connectivity index (χ3v) is 2.63. The minimum Gasteiger partial charge on any atom is -0.478 e. The Morgan fingerprint density at radius 2 is 2.11 bits per heavy atom. The fourth-order valence-corrected chi connectivity index (χ4v) is 1.68. The number of aromatic nitrogens is 1.